The Morgan fingerprint density at radius 1 is 1.41 bits per heavy atom. The molecule has 1 unspecified atom stereocenters. The number of aromatic nitrogens is 2. The van der Waals surface area contributed by atoms with Crippen molar-refractivity contribution >= 4 is 17.0 Å². The topological polar surface area (TPSA) is 58.2 Å². The van der Waals surface area contributed by atoms with Crippen molar-refractivity contribution in [2.45, 2.75) is 45.6 Å². The number of carbonyl (C=O) groups excluding carboxylic acids is 1. The zero-order chi connectivity index (χ0) is 15.9. The van der Waals surface area contributed by atoms with Crippen LogP contribution in [-0.4, -0.2) is 39.9 Å². The zero-order valence-corrected chi connectivity index (χ0v) is 13.6. The van der Waals surface area contributed by atoms with Crippen molar-refractivity contribution in [1.82, 2.24) is 15.1 Å². The smallest absolute Gasteiger partial charge is 0.410 e. The molecular weight excluding hydrogens is 278 g/mol. The van der Waals surface area contributed by atoms with Crippen LogP contribution >= 0.6 is 0 Å². The highest BCUT2D eigenvalue weighted by Gasteiger charge is 2.32. The second-order valence-electron chi connectivity index (χ2n) is 7.04. The maximum absolute atomic E-state index is 12.2. The van der Waals surface area contributed by atoms with Crippen LogP contribution in [0.5, 0.6) is 0 Å². The second-order valence-corrected chi connectivity index (χ2v) is 7.04. The SMILES string of the molecule is Cc1ccc2[nH]ncc2c1C1CCN(C(=O)OC(C)(C)C)C1. The lowest BCUT2D eigenvalue weighted by atomic mass is 9.91. The molecule has 0 radical (unpaired) electrons. The van der Waals surface area contributed by atoms with Crippen LogP contribution in [-0.2, 0) is 4.74 Å². The maximum Gasteiger partial charge on any atom is 0.410 e. The standard InChI is InChI=1S/C17H23N3O2/c1-11-5-6-14-13(9-18-19-14)15(11)12-7-8-20(10-12)16(21)22-17(2,3)4/h5-6,9,12H,7-8,10H2,1-4H3,(H,18,19). The number of hydrogen-bond acceptors (Lipinski definition) is 3. The number of rotatable bonds is 1. The van der Waals surface area contributed by atoms with Gasteiger partial charge in [-0.2, -0.15) is 5.10 Å². The minimum atomic E-state index is -0.449. The average Bonchev–Trinajstić information content (AvgIpc) is 3.04. The molecule has 1 N–H and O–H groups in total. The van der Waals surface area contributed by atoms with Crippen molar-refractivity contribution in [3.63, 3.8) is 0 Å². The van der Waals surface area contributed by atoms with Crippen LogP contribution in [0.3, 0.4) is 0 Å². The van der Waals surface area contributed by atoms with Gasteiger partial charge in [0.15, 0.2) is 0 Å². The van der Waals surface area contributed by atoms with Crippen molar-refractivity contribution in [3.05, 3.63) is 29.5 Å². The normalized spacial score (nSPS) is 18.9. The van der Waals surface area contributed by atoms with E-state index < -0.39 is 5.60 Å². The van der Waals surface area contributed by atoms with Gasteiger partial charge in [-0.3, -0.25) is 5.10 Å². The number of ether oxygens (including phenoxy) is 1. The maximum atomic E-state index is 12.2. The molecular formula is C17H23N3O2. The van der Waals surface area contributed by atoms with Gasteiger partial charge in [0.1, 0.15) is 5.60 Å². The molecule has 118 valence electrons. The van der Waals surface area contributed by atoms with Crippen molar-refractivity contribution in [2.75, 3.05) is 13.1 Å². The van der Waals surface area contributed by atoms with E-state index in [0.29, 0.717) is 12.5 Å². The monoisotopic (exact) mass is 301 g/mol. The van der Waals surface area contributed by atoms with Crippen LogP contribution in [0.2, 0.25) is 0 Å². The lowest BCUT2D eigenvalue weighted by molar-refractivity contribution is 0.0292. The van der Waals surface area contributed by atoms with Gasteiger partial charge in [-0.05, 0) is 51.3 Å². The molecule has 1 saturated heterocycles. The van der Waals surface area contributed by atoms with Crippen molar-refractivity contribution in [3.8, 4) is 0 Å². The Hall–Kier alpha value is -2.04. The summed E-state index contributed by atoms with van der Waals surface area (Å²) in [5, 5.41) is 8.33. The van der Waals surface area contributed by atoms with Crippen molar-refractivity contribution in [1.29, 1.82) is 0 Å². The van der Waals surface area contributed by atoms with Crippen LogP contribution in [0.1, 0.15) is 44.2 Å². The first kappa shape index (κ1) is 14.9. The van der Waals surface area contributed by atoms with Gasteiger partial charge >= 0.3 is 6.09 Å². The first-order valence-corrected chi connectivity index (χ1v) is 7.75. The number of nitrogens with one attached hydrogen (secondary N) is 1. The number of nitrogens with zero attached hydrogens (tertiary/aromatic N) is 2. The van der Waals surface area contributed by atoms with Gasteiger partial charge in [0.2, 0.25) is 0 Å². The van der Waals surface area contributed by atoms with Crippen LogP contribution in [0.4, 0.5) is 4.79 Å². The van der Waals surface area contributed by atoms with Gasteiger partial charge in [0, 0.05) is 24.4 Å². The molecule has 1 aliphatic rings. The van der Waals surface area contributed by atoms with Crippen LogP contribution in [0, 0.1) is 6.92 Å². The number of likely N-dealkylation sites (tertiary alicyclic amines) is 1. The summed E-state index contributed by atoms with van der Waals surface area (Å²) in [5.74, 6) is 0.341. The summed E-state index contributed by atoms with van der Waals surface area (Å²) >= 11 is 0. The third kappa shape index (κ3) is 2.80. The lowest BCUT2D eigenvalue weighted by Crippen LogP contribution is -2.35. The Labute approximate surface area is 130 Å². The van der Waals surface area contributed by atoms with Gasteiger partial charge in [0.05, 0.1) is 11.7 Å². The van der Waals surface area contributed by atoms with E-state index in [1.54, 1.807) is 0 Å². The Balaban J connectivity index is 1.81. The van der Waals surface area contributed by atoms with Gasteiger partial charge in [-0.25, -0.2) is 4.79 Å². The highest BCUT2D eigenvalue weighted by Crippen LogP contribution is 2.34. The Morgan fingerprint density at radius 3 is 2.91 bits per heavy atom. The summed E-state index contributed by atoms with van der Waals surface area (Å²) in [6.45, 7) is 9.27. The molecule has 0 bridgehead atoms. The van der Waals surface area contributed by atoms with Crippen LogP contribution in [0.25, 0.3) is 10.9 Å². The van der Waals surface area contributed by atoms with E-state index in [1.807, 2.05) is 31.9 Å². The molecule has 1 fully saturated rings. The zero-order valence-electron chi connectivity index (χ0n) is 13.6. The van der Waals surface area contributed by atoms with E-state index >= 15 is 0 Å². The molecule has 1 aromatic carbocycles. The van der Waals surface area contributed by atoms with Crippen LogP contribution in [0.15, 0.2) is 18.3 Å². The molecule has 5 nitrogen and oxygen atoms in total. The first-order chi connectivity index (χ1) is 10.3. The number of fused-ring (bicyclic) bond motifs is 1. The van der Waals surface area contributed by atoms with E-state index in [0.717, 1.165) is 23.9 Å². The van der Waals surface area contributed by atoms with E-state index in [9.17, 15) is 4.79 Å². The third-order valence-corrected chi connectivity index (χ3v) is 4.13. The highest BCUT2D eigenvalue weighted by molar-refractivity contribution is 5.83. The number of amides is 1. The fraction of sp³-hybridized carbons (Fsp3) is 0.529. The number of aryl methyl sites for hydroxylation is 1. The average molecular weight is 301 g/mol. The molecule has 0 aliphatic carbocycles. The van der Waals surface area contributed by atoms with Gasteiger partial charge < -0.3 is 9.64 Å². The van der Waals surface area contributed by atoms with E-state index in [2.05, 4.69) is 29.3 Å². The van der Waals surface area contributed by atoms with E-state index in [1.165, 1.54) is 11.1 Å². The molecule has 2 aromatic rings. The van der Waals surface area contributed by atoms with Crippen LogP contribution < -0.4 is 0 Å². The molecule has 22 heavy (non-hydrogen) atoms. The Bertz CT molecular complexity index is 699. The minimum absolute atomic E-state index is 0.216. The fourth-order valence-corrected chi connectivity index (χ4v) is 3.18. The molecule has 2 heterocycles. The lowest BCUT2D eigenvalue weighted by Gasteiger charge is -2.24. The Morgan fingerprint density at radius 2 is 2.18 bits per heavy atom. The largest absolute Gasteiger partial charge is 0.444 e. The molecule has 1 amide bonds. The molecule has 1 aliphatic heterocycles. The minimum Gasteiger partial charge on any atom is -0.444 e. The first-order valence-electron chi connectivity index (χ1n) is 7.75. The summed E-state index contributed by atoms with van der Waals surface area (Å²) in [5.41, 5.74) is 3.16. The molecule has 0 spiro atoms. The van der Waals surface area contributed by atoms with Crippen molar-refractivity contribution in [2.24, 2.45) is 0 Å². The highest BCUT2D eigenvalue weighted by atomic mass is 16.6. The van der Waals surface area contributed by atoms with E-state index in [4.69, 9.17) is 4.74 Å². The number of aromatic amines is 1. The molecule has 1 atom stereocenters. The number of benzene rings is 1. The summed E-state index contributed by atoms with van der Waals surface area (Å²) in [6, 6.07) is 4.17. The van der Waals surface area contributed by atoms with Gasteiger partial charge in [0.25, 0.3) is 0 Å². The quantitative estimate of drug-likeness (QED) is 0.875. The van der Waals surface area contributed by atoms with Crippen molar-refractivity contribution < 1.29 is 9.53 Å². The summed E-state index contributed by atoms with van der Waals surface area (Å²) < 4.78 is 5.48. The van der Waals surface area contributed by atoms with Gasteiger partial charge in [-0.15, -0.1) is 0 Å². The van der Waals surface area contributed by atoms with E-state index in [-0.39, 0.29) is 6.09 Å². The number of carbonyl (C=O) groups is 1. The fourth-order valence-electron chi connectivity index (χ4n) is 3.18. The number of H-pyrrole nitrogens is 1. The molecule has 1 aromatic heterocycles. The molecule has 5 heteroatoms. The molecule has 0 saturated carbocycles. The second kappa shape index (κ2) is 5.30. The van der Waals surface area contributed by atoms with Gasteiger partial charge in [-0.1, -0.05) is 6.07 Å². The Kier molecular flexibility index (Phi) is 3.59. The predicted octanol–water partition coefficient (Wildman–Crippen LogP) is 3.60. The summed E-state index contributed by atoms with van der Waals surface area (Å²) in [7, 11) is 0. The number of hydrogen-bond donors (Lipinski definition) is 1. The third-order valence-electron chi connectivity index (χ3n) is 4.13. The predicted molar refractivity (Wildman–Crippen MR) is 86.0 cm³/mol. The summed E-state index contributed by atoms with van der Waals surface area (Å²) in [6.07, 6.45) is 2.63. The summed E-state index contributed by atoms with van der Waals surface area (Å²) in [4.78, 5) is 14.0. The molecule has 3 rings (SSSR count).